The van der Waals surface area contributed by atoms with E-state index in [0.717, 1.165) is 10.0 Å². The Bertz CT molecular complexity index is 605. The molecule has 20 heavy (non-hydrogen) atoms. The first-order valence-corrected chi connectivity index (χ1v) is 8.83. The maximum absolute atomic E-state index is 12.2. The number of rotatable bonds is 3. The molecule has 2 nitrogen and oxygen atoms in total. The van der Waals surface area contributed by atoms with E-state index in [0.29, 0.717) is 14.7 Å². The van der Waals surface area contributed by atoms with Gasteiger partial charge < -0.3 is 4.74 Å². The second-order valence-electron chi connectivity index (χ2n) is 3.89. The fourth-order valence-corrected chi connectivity index (χ4v) is 4.36. The van der Waals surface area contributed by atoms with Crippen molar-refractivity contribution in [1.29, 1.82) is 0 Å². The van der Waals surface area contributed by atoms with Crippen LogP contribution in [0.5, 0.6) is 5.75 Å². The number of ether oxygens (including phenoxy) is 1. The third kappa shape index (κ3) is 3.93. The van der Waals surface area contributed by atoms with Gasteiger partial charge in [0.15, 0.2) is 5.75 Å². The lowest BCUT2D eigenvalue weighted by molar-refractivity contribution is -0.133. The Morgan fingerprint density at radius 1 is 1.00 bits per heavy atom. The van der Waals surface area contributed by atoms with Crippen molar-refractivity contribution in [3.05, 3.63) is 61.4 Å². The van der Waals surface area contributed by atoms with Gasteiger partial charge in [0.25, 0.3) is 0 Å². The minimum Gasteiger partial charge on any atom is -0.423 e. The molecule has 2 aromatic carbocycles. The maximum Gasteiger partial charge on any atom is 0.329 e. The van der Waals surface area contributed by atoms with Crippen molar-refractivity contribution in [2.45, 2.75) is 4.83 Å². The van der Waals surface area contributed by atoms with Crippen LogP contribution in [0.15, 0.2) is 55.9 Å². The van der Waals surface area contributed by atoms with Gasteiger partial charge in [0, 0.05) is 4.47 Å². The highest BCUT2D eigenvalue weighted by molar-refractivity contribution is 9.11. The fraction of sp³-hybridized carbons (Fsp3) is 0.0714. The molecule has 0 saturated heterocycles. The number of carbonyl (C=O) groups excluding carboxylic acids is 1. The first-order valence-electron chi connectivity index (χ1n) is 5.54. The molecule has 0 radical (unpaired) electrons. The average Bonchev–Trinajstić information content (AvgIpc) is 2.42. The molecule has 0 amide bonds. The summed E-state index contributed by atoms with van der Waals surface area (Å²) in [6.45, 7) is 0. The molecular weight excluding hydrogens is 520 g/mol. The molecule has 0 saturated carbocycles. The second kappa shape index (κ2) is 7.20. The highest BCUT2D eigenvalue weighted by atomic mass is 79.9. The number of hydrogen-bond donors (Lipinski definition) is 0. The number of carbonyl (C=O) groups is 1. The zero-order chi connectivity index (χ0) is 14.7. The topological polar surface area (TPSA) is 26.3 Å². The molecule has 0 heterocycles. The highest BCUT2D eigenvalue weighted by Crippen LogP contribution is 2.37. The van der Waals surface area contributed by atoms with Gasteiger partial charge in [0.2, 0.25) is 0 Å². The van der Waals surface area contributed by atoms with E-state index in [4.69, 9.17) is 4.74 Å². The van der Waals surface area contributed by atoms with Gasteiger partial charge in [-0.05, 0) is 49.6 Å². The minimum atomic E-state index is -0.508. The van der Waals surface area contributed by atoms with Gasteiger partial charge in [-0.1, -0.05) is 62.2 Å². The molecule has 0 aliphatic heterocycles. The summed E-state index contributed by atoms with van der Waals surface area (Å²) in [7, 11) is 0. The molecule has 0 aromatic heterocycles. The molecule has 0 spiro atoms. The van der Waals surface area contributed by atoms with Crippen LogP contribution >= 0.6 is 63.7 Å². The summed E-state index contributed by atoms with van der Waals surface area (Å²) in [5, 5.41) is 0. The van der Waals surface area contributed by atoms with Crippen LogP contribution in [0.2, 0.25) is 0 Å². The largest absolute Gasteiger partial charge is 0.423 e. The minimum absolute atomic E-state index is 0.375. The summed E-state index contributed by atoms with van der Waals surface area (Å²) in [6.07, 6.45) is 0. The normalized spacial score (nSPS) is 12.0. The predicted molar refractivity (Wildman–Crippen MR) is 93.3 cm³/mol. The Morgan fingerprint density at radius 2 is 1.55 bits per heavy atom. The Hall–Kier alpha value is -0.170. The fourth-order valence-electron chi connectivity index (χ4n) is 1.54. The smallest absolute Gasteiger partial charge is 0.329 e. The molecule has 0 bridgehead atoms. The van der Waals surface area contributed by atoms with Crippen LogP contribution in [0.1, 0.15) is 10.4 Å². The first-order chi connectivity index (χ1) is 9.49. The molecular formula is C14H8Br4O2. The van der Waals surface area contributed by atoms with E-state index in [2.05, 4.69) is 63.7 Å². The van der Waals surface area contributed by atoms with Crippen molar-refractivity contribution >= 4 is 69.7 Å². The van der Waals surface area contributed by atoms with Gasteiger partial charge in [-0.3, -0.25) is 4.79 Å². The number of benzene rings is 2. The van der Waals surface area contributed by atoms with Crippen molar-refractivity contribution in [2.24, 2.45) is 0 Å². The molecule has 0 aliphatic rings. The maximum atomic E-state index is 12.2. The van der Waals surface area contributed by atoms with Crippen LogP contribution in [0.25, 0.3) is 0 Å². The van der Waals surface area contributed by atoms with Gasteiger partial charge in [0.1, 0.15) is 4.83 Å². The van der Waals surface area contributed by atoms with E-state index in [-0.39, 0.29) is 5.97 Å². The second-order valence-corrected chi connectivity index (χ2v) is 7.43. The van der Waals surface area contributed by atoms with E-state index < -0.39 is 4.83 Å². The summed E-state index contributed by atoms with van der Waals surface area (Å²) < 4.78 is 7.72. The lowest BCUT2D eigenvalue weighted by atomic mass is 10.1. The summed E-state index contributed by atoms with van der Waals surface area (Å²) in [4.78, 5) is 11.7. The molecule has 0 unspecified atom stereocenters. The summed E-state index contributed by atoms with van der Waals surface area (Å²) in [5.74, 6) is 0.0819. The summed E-state index contributed by atoms with van der Waals surface area (Å²) in [6, 6.07) is 13.0. The van der Waals surface area contributed by atoms with E-state index >= 15 is 0 Å². The molecule has 0 aliphatic carbocycles. The lowest BCUT2D eigenvalue weighted by Gasteiger charge is -2.13. The van der Waals surface area contributed by atoms with E-state index in [1.165, 1.54) is 0 Å². The van der Waals surface area contributed by atoms with Crippen LogP contribution in [0, 0.1) is 0 Å². The number of hydrogen-bond acceptors (Lipinski definition) is 2. The molecule has 2 rings (SSSR count). The predicted octanol–water partition coefficient (Wildman–Crippen LogP) is 6.02. The van der Waals surface area contributed by atoms with Gasteiger partial charge >= 0.3 is 5.97 Å². The zero-order valence-electron chi connectivity index (χ0n) is 9.95. The Kier molecular flexibility index (Phi) is 5.84. The third-order valence-corrected chi connectivity index (χ3v) is 5.00. The van der Waals surface area contributed by atoms with Crippen LogP contribution in [0.3, 0.4) is 0 Å². The number of halogens is 4. The van der Waals surface area contributed by atoms with Gasteiger partial charge in [0.05, 0.1) is 8.95 Å². The van der Waals surface area contributed by atoms with Gasteiger partial charge in [-0.2, -0.15) is 0 Å². The Morgan fingerprint density at radius 3 is 2.10 bits per heavy atom. The van der Waals surface area contributed by atoms with Crippen molar-refractivity contribution in [3.8, 4) is 5.75 Å². The van der Waals surface area contributed by atoms with Crippen molar-refractivity contribution in [2.75, 3.05) is 0 Å². The molecule has 0 fully saturated rings. The van der Waals surface area contributed by atoms with E-state index in [1.807, 2.05) is 42.5 Å². The van der Waals surface area contributed by atoms with Crippen molar-refractivity contribution in [3.63, 3.8) is 0 Å². The summed E-state index contributed by atoms with van der Waals surface area (Å²) >= 11 is 13.5. The van der Waals surface area contributed by atoms with Gasteiger partial charge in [-0.25, -0.2) is 0 Å². The van der Waals surface area contributed by atoms with Crippen LogP contribution in [-0.4, -0.2) is 5.97 Å². The standard InChI is InChI=1S/C14H8Br4O2/c15-9-6-10(16)13(11(17)7-9)20-14(19)12(18)8-4-2-1-3-5-8/h1-7,12H/t12-/m0/s1. The van der Waals surface area contributed by atoms with Gasteiger partial charge in [-0.15, -0.1) is 0 Å². The lowest BCUT2D eigenvalue weighted by Crippen LogP contribution is -2.14. The number of alkyl halides is 1. The first kappa shape index (κ1) is 16.2. The van der Waals surface area contributed by atoms with E-state index in [9.17, 15) is 4.79 Å². The molecule has 0 N–H and O–H groups in total. The van der Waals surface area contributed by atoms with E-state index in [1.54, 1.807) is 0 Å². The summed E-state index contributed by atoms with van der Waals surface area (Å²) in [5.41, 5.74) is 0.849. The average molecular weight is 528 g/mol. The monoisotopic (exact) mass is 524 g/mol. The highest BCUT2D eigenvalue weighted by Gasteiger charge is 2.21. The van der Waals surface area contributed by atoms with Crippen molar-refractivity contribution in [1.82, 2.24) is 0 Å². The van der Waals surface area contributed by atoms with Crippen LogP contribution < -0.4 is 4.74 Å². The third-order valence-electron chi connectivity index (χ3n) is 2.46. The van der Waals surface area contributed by atoms with Crippen LogP contribution in [0.4, 0.5) is 0 Å². The molecule has 1 atom stereocenters. The van der Waals surface area contributed by atoms with Crippen molar-refractivity contribution < 1.29 is 9.53 Å². The Labute approximate surface area is 150 Å². The Balaban J connectivity index is 2.20. The molecule has 104 valence electrons. The quantitative estimate of drug-likeness (QED) is 0.277. The number of esters is 1. The SMILES string of the molecule is O=C(Oc1c(Br)cc(Br)cc1Br)[C@@H](Br)c1ccccc1. The molecule has 6 heteroatoms. The molecule has 2 aromatic rings. The zero-order valence-corrected chi connectivity index (χ0v) is 16.3. The van der Waals surface area contributed by atoms with Crippen LogP contribution in [-0.2, 0) is 4.79 Å².